The van der Waals surface area contributed by atoms with E-state index in [0.717, 1.165) is 32.8 Å². The molecule has 5 nitrogen and oxygen atoms in total. The lowest BCUT2D eigenvalue weighted by atomic mass is 10.0. The van der Waals surface area contributed by atoms with Crippen molar-refractivity contribution in [3.05, 3.63) is 95.1 Å². The van der Waals surface area contributed by atoms with Crippen LogP contribution in [-0.4, -0.2) is 30.1 Å². The number of sulfone groups is 1. The summed E-state index contributed by atoms with van der Waals surface area (Å²) in [4.78, 5) is 12.9. The average molecular weight is 524 g/mol. The molecule has 3 aromatic carbocycles. The molecule has 0 unspecified atom stereocenters. The summed E-state index contributed by atoms with van der Waals surface area (Å²) in [6.07, 6.45) is 2.60. The van der Waals surface area contributed by atoms with Crippen molar-refractivity contribution in [2.45, 2.75) is 50.7 Å². The normalized spacial score (nSPS) is 12.1. The maximum absolute atomic E-state index is 12.6. The fourth-order valence-electron chi connectivity index (χ4n) is 4.24. The molecule has 0 radical (unpaired) electrons. The third-order valence-corrected chi connectivity index (χ3v) is 8.05. The maximum atomic E-state index is 12.6. The molecule has 1 aromatic heterocycles. The van der Waals surface area contributed by atoms with Gasteiger partial charge in [0.25, 0.3) is 0 Å². The fourth-order valence-corrected chi connectivity index (χ4v) is 5.31. The molecule has 0 saturated carbocycles. The van der Waals surface area contributed by atoms with Gasteiger partial charge in [0.2, 0.25) is 0 Å². The summed E-state index contributed by atoms with van der Waals surface area (Å²) in [5, 5.41) is 1.81. The number of carbonyl (C=O) groups is 1. The number of nitrogens with zero attached hydrogens (tertiary/aromatic N) is 1. The lowest BCUT2D eigenvalue weighted by Crippen LogP contribution is -2.33. The largest absolute Gasteiger partial charge is 0.486 e. The molecule has 0 aliphatic heterocycles. The van der Waals surface area contributed by atoms with Gasteiger partial charge in [-0.25, -0.2) is 8.42 Å². The van der Waals surface area contributed by atoms with Crippen molar-refractivity contribution < 1.29 is 17.9 Å². The van der Waals surface area contributed by atoms with Crippen LogP contribution in [0, 0.1) is 0 Å². The second-order valence-corrected chi connectivity index (χ2v) is 12.3. The first-order valence-corrected chi connectivity index (χ1v) is 13.9. The maximum Gasteiger partial charge on any atom is 0.178 e. The molecule has 0 bridgehead atoms. The monoisotopic (exact) mass is 523 g/mol. The van der Waals surface area contributed by atoms with Crippen molar-refractivity contribution in [3.8, 4) is 5.75 Å². The van der Waals surface area contributed by atoms with Crippen LogP contribution >= 0.6 is 11.6 Å². The number of aromatic nitrogens is 1. The minimum absolute atomic E-state index is 0.0563. The molecule has 0 atom stereocenters. The summed E-state index contributed by atoms with van der Waals surface area (Å²) < 4.78 is 32.3. The van der Waals surface area contributed by atoms with Crippen molar-refractivity contribution >= 4 is 38.1 Å². The Kier molecular flexibility index (Phi) is 7.57. The van der Waals surface area contributed by atoms with Crippen molar-refractivity contribution in [1.82, 2.24) is 4.57 Å². The second kappa shape index (κ2) is 10.5. The number of ether oxygens (including phenoxy) is 1. The van der Waals surface area contributed by atoms with Crippen LogP contribution in [0.1, 0.15) is 31.9 Å². The minimum atomic E-state index is -3.24. The van der Waals surface area contributed by atoms with Crippen LogP contribution in [-0.2, 0) is 34.0 Å². The smallest absolute Gasteiger partial charge is 0.178 e. The summed E-state index contributed by atoms with van der Waals surface area (Å²) in [6, 6.07) is 22.1. The van der Waals surface area contributed by atoms with Gasteiger partial charge in [-0.1, -0.05) is 42.8 Å². The van der Waals surface area contributed by atoms with Crippen LogP contribution in [0.5, 0.6) is 5.75 Å². The first-order valence-electron chi connectivity index (χ1n) is 11.9. The van der Waals surface area contributed by atoms with Crippen LogP contribution in [0.2, 0.25) is 5.02 Å². The Hall–Kier alpha value is -3.09. The van der Waals surface area contributed by atoms with Gasteiger partial charge < -0.3 is 9.30 Å². The summed E-state index contributed by atoms with van der Waals surface area (Å²) in [5.41, 5.74) is 2.35. The van der Waals surface area contributed by atoms with E-state index in [1.54, 1.807) is 31.2 Å². The van der Waals surface area contributed by atoms with E-state index in [1.165, 1.54) is 0 Å². The molecule has 4 rings (SSSR count). The quantitative estimate of drug-likeness (QED) is 0.244. The van der Waals surface area contributed by atoms with Crippen LogP contribution in [0.3, 0.4) is 0 Å². The predicted octanol–water partition coefficient (Wildman–Crippen LogP) is 6.30. The summed E-state index contributed by atoms with van der Waals surface area (Å²) in [5.74, 6) is 0.860. The van der Waals surface area contributed by atoms with Crippen molar-refractivity contribution in [2.24, 2.45) is 0 Å². The van der Waals surface area contributed by atoms with E-state index >= 15 is 0 Å². The molecule has 188 valence electrons. The molecule has 0 saturated heterocycles. The Balaban J connectivity index is 1.34. The van der Waals surface area contributed by atoms with Crippen molar-refractivity contribution in [1.29, 1.82) is 0 Å². The van der Waals surface area contributed by atoms with Crippen LogP contribution in [0.15, 0.2) is 83.9 Å². The van der Waals surface area contributed by atoms with E-state index in [9.17, 15) is 13.2 Å². The standard InChI is InChI=1S/C29H30ClNO4S/c1-4-36(33,34)27-12-7-22(8-13-27)18-25(32)17-21-5-10-26(11-6-21)35-29(2,3)20-31-16-15-23-19-24(30)9-14-28(23)31/h5-16,19H,4,17-18,20H2,1-3H3. The molecule has 0 aliphatic carbocycles. The lowest BCUT2D eigenvalue weighted by Gasteiger charge is -2.27. The first kappa shape index (κ1) is 26.0. The van der Waals surface area contributed by atoms with E-state index in [4.69, 9.17) is 16.3 Å². The molecule has 0 aliphatic rings. The highest BCUT2D eigenvalue weighted by atomic mass is 35.5. The number of fused-ring (bicyclic) bond motifs is 1. The number of benzene rings is 3. The highest BCUT2D eigenvalue weighted by Gasteiger charge is 2.22. The zero-order valence-electron chi connectivity index (χ0n) is 20.7. The van der Waals surface area contributed by atoms with Crippen LogP contribution in [0.25, 0.3) is 10.9 Å². The highest BCUT2D eigenvalue weighted by molar-refractivity contribution is 7.91. The van der Waals surface area contributed by atoms with Crippen molar-refractivity contribution in [3.63, 3.8) is 0 Å². The van der Waals surface area contributed by atoms with E-state index in [1.807, 2.05) is 68.6 Å². The number of rotatable bonds is 10. The van der Waals surface area contributed by atoms with Gasteiger partial charge >= 0.3 is 0 Å². The number of hydrogen-bond acceptors (Lipinski definition) is 4. The molecule has 1 heterocycles. The second-order valence-electron chi connectivity index (χ2n) is 9.59. The molecule has 0 spiro atoms. The lowest BCUT2D eigenvalue weighted by molar-refractivity contribution is -0.117. The molecule has 36 heavy (non-hydrogen) atoms. The fraction of sp³-hybridized carbons (Fsp3) is 0.276. The van der Waals surface area contributed by atoms with Crippen molar-refractivity contribution in [2.75, 3.05) is 5.75 Å². The number of halogens is 1. The van der Waals surface area contributed by atoms with Gasteiger partial charge in [-0.15, -0.1) is 0 Å². The Morgan fingerprint density at radius 2 is 1.53 bits per heavy atom. The van der Waals surface area contributed by atoms with E-state index in [2.05, 4.69) is 4.57 Å². The van der Waals surface area contributed by atoms with Gasteiger partial charge in [0.15, 0.2) is 9.84 Å². The number of ketones is 1. The van der Waals surface area contributed by atoms with Gasteiger partial charge in [-0.2, -0.15) is 0 Å². The predicted molar refractivity (Wildman–Crippen MR) is 145 cm³/mol. The highest BCUT2D eigenvalue weighted by Crippen LogP contribution is 2.25. The zero-order valence-corrected chi connectivity index (χ0v) is 22.3. The molecule has 0 N–H and O–H groups in total. The summed E-state index contributed by atoms with van der Waals surface area (Å²) in [6.45, 7) is 6.37. The van der Waals surface area contributed by atoms with Crippen LogP contribution in [0.4, 0.5) is 0 Å². The molecule has 0 amide bonds. The average Bonchev–Trinajstić information content (AvgIpc) is 3.21. The number of hydrogen-bond donors (Lipinski definition) is 0. The molecular weight excluding hydrogens is 494 g/mol. The summed E-state index contributed by atoms with van der Waals surface area (Å²) in [7, 11) is -3.24. The molecular formula is C29H30ClNO4S. The van der Waals surface area contributed by atoms with Crippen LogP contribution < -0.4 is 4.74 Å². The van der Waals surface area contributed by atoms with Gasteiger partial charge in [0.05, 0.1) is 17.2 Å². The minimum Gasteiger partial charge on any atom is -0.486 e. The molecule has 4 aromatic rings. The SMILES string of the molecule is CCS(=O)(=O)c1ccc(CC(=O)Cc2ccc(OC(C)(C)Cn3ccc4cc(Cl)ccc43)cc2)cc1. The third kappa shape index (κ3) is 6.37. The first-order chi connectivity index (χ1) is 17.0. The van der Waals surface area contributed by atoms with Gasteiger partial charge in [0.1, 0.15) is 17.1 Å². The van der Waals surface area contributed by atoms with Gasteiger partial charge in [0, 0.05) is 35.0 Å². The Labute approximate surface area is 217 Å². The molecule has 0 fully saturated rings. The van der Waals surface area contributed by atoms with E-state index in [-0.39, 0.29) is 22.9 Å². The number of Topliss-reactive ketones (excluding diaryl/α,β-unsaturated/α-hetero) is 1. The zero-order chi connectivity index (χ0) is 25.9. The molecule has 7 heteroatoms. The number of carbonyl (C=O) groups excluding carboxylic acids is 1. The topological polar surface area (TPSA) is 65.4 Å². The van der Waals surface area contributed by atoms with Gasteiger partial charge in [-0.05, 0) is 73.5 Å². The van der Waals surface area contributed by atoms with Gasteiger partial charge in [-0.3, -0.25) is 4.79 Å². The Bertz CT molecular complexity index is 1470. The van der Waals surface area contributed by atoms with E-state index in [0.29, 0.717) is 13.0 Å². The van der Waals surface area contributed by atoms with E-state index < -0.39 is 15.4 Å². The summed E-state index contributed by atoms with van der Waals surface area (Å²) >= 11 is 6.10. The Morgan fingerprint density at radius 3 is 2.14 bits per heavy atom. The third-order valence-electron chi connectivity index (χ3n) is 6.07. The Morgan fingerprint density at radius 1 is 0.917 bits per heavy atom.